The number of phosphoric acid groups is 2. The van der Waals surface area contributed by atoms with Gasteiger partial charge in [0, 0.05) is 19.3 Å². The molecule has 0 rings (SSSR count). The third-order valence-electron chi connectivity index (χ3n) is 16.1. The maximum atomic E-state index is 13.1. The van der Waals surface area contributed by atoms with Gasteiger partial charge in [0.15, 0.2) is 12.2 Å². The Morgan fingerprint density at radius 3 is 0.892 bits per heavy atom. The van der Waals surface area contributed by atoms with Crippen LogP contribution in [-0.2, 0) is 65.4 Å². The summed E-state index contributed by atoms with van der Waals surface area (Å²) in [6, 6.07) is 0. The van der Waals surface area contributed by atoms with Crippen molar-refractivity contribution in [2.24, 2.45) is 0 Å². The quantitative estimate of drug-likeness (QED) is 0.0169. The smallest absolute Gasteiger partial charge is 0.462 e. The molecule has 17 nitrogen and oxygen atoms in total. The summed E-state index contributed by atoms with van der Waals surface area (Å²) in [4.78, 5) is 72.9. The van der Waals surface area contributed by atoms with Gasteiger partial charge in [-0.2, -0.15) is 0 Å². The fourth-order valence-corrected chi connectivity index (χ4v) is 11.8. The van der Waals surface area contributed by atoms with Crippen molar-refractivity contribution < 1.29 is 80.2 Å². The van der Waals surface area contributed by atoms with Gasteiger partial charge < -0.3 is 33.8 Å². The normalized spacial score (nSPS) is 14.6. The number of allylic oxidation sites excluding steroid dienone is 21. The van der Waals surface area contributed by atoms with Gasteiger partial charge in [0.2, 0.25) is 0 Å². The molecule has 0 aliphatic rings. The van der Waals surface area contributed by atoms with Crippen LogP contribution >= 0.6 is 15.6 Å². The number of esters is 4. The van der Waals surface area contributed by atoms with Crippen LogP contribution in [0.3, 0.4) is 0 Å². The zero-order valence-electron chi connectivity index (χ0n) is 63.7. The van der Waals surface area contributed by atoms with Crippen LogP contribution in [0.15, 0.2) is 134 Å². The Balaban J connectivity index is 5.41. The van der Waals surface area contributed by atoms with Crippen LogP contribution in [0.4, 0.5) is 0 Å². The predicted octanol–water partition coefficient (Wildman–Crippen LogP) is 22.9. The monoisotopic (exact) mass is 1470 g/mol. The molecule has 19 heteroatoms. The zero-order chi connectivity index (χ0) is 74.6. The van der Waals surface area contributed by atoms with E-state index in [-0.39, 0.29) is 25.7 Å². The Hall–Kier alpha value is -4.80. The molecule has 584 valence electrons. The minimum absolute atomic E-state index is 0.0713. The average molecular weight is 1470 g/mol. The highest BCUT2D eigenvalue weighted by Crippen LogP contribution is 2.45. The molecule has 3 N–H and O–H groups in total. The first-order valence-corrected chi connectivity index (χ1v) is 42.4. The first-order valence-electron chi connectivity index (χ1n) is 39.4. The molecule has 0 radical (unpaired) electrons. The molecule has 0 aromatic rings. The minimum atomic E-state index is -4.99. The van der Waals surface area contributed by atoms with Crippen molar-refractivity contribution in [3.63, 3.8) is 0 Å². The number of carbonyl (C=O) groups is 4. The van der Waals surface area contributed by atoms with Crippen molar-refractivity contribution in [2.75, 3.05) is 39.6 Å². The summed E-state index contributed by atoms with van der Waals surface area (Å²) in [7, 11) is -9.98. The number of hydrogen-bond donors (Lipinski definition) is 3. The molecular formula is C83H140O17P2. The minimum Gasteiger partial charge on any atom is -0.462 e. The van der Waals surface area contributed by atoms with E-state index in [4.69, 9.17) is 37.0 Å². The second-order valence-corrected chi connectivity index (χ2v) is 28.8. The average Bonchev–Trinajstić information content (AvgIpc) is 0.934. The lowest BCUT2D eigenvalue weighted by atomic mass is 10.1. The van der Waals surface area contributed by atoms with Crippen LogP contribution < -0.4 is 0 Å². The number of aliphatic hydroxyl groups is 1. The van der Waals surface area contributed by atoms with E-state index in [2.05, 4.69) is 137 Å². The molecule has 0 saturated carbocycles. The number of carbonyl (C=O) groups excluding carboxylic acids is 4. The molecule has 0 aromatic heterocycles. The van der Waals surface area contributed by atoms with Crippen molar-refractivity contribution in [1.82, 2.24) is 0 Å². The third-order valence-corrected chi connectivity index (χ3v) is 18.0. The molecule has 0 bridgehead atoms. The van der Waals surface area contributed by atoms with E-state index < -0.39 is 97.5 Å². The number of unbranched alkanes of at least 4 members (excludes halogenated alkanes) is 26. The maximum absolute atomic E-state index is 13.1. The van der Waals surface area contributed by atoms with Crippen LogP contribution in [0.5, 0.6) is 0 Å². The molecule has 5 unspecified atom stereocenters. The second-order valence-electron chi connectivity index (χ2n) is 25.9. The first-order chi connectivity index (χ1) is 49.7. The van der Waals surface area contributed by atoms with Gasteiger partial charge in [-0.3, -0.25) is 37.3 Å². The number of rotatable bonds is 73. The Kier molecular flexibility index (Phi) is 71.0. The van der Waals surface area contributed by atoms with E-state index >= 15 is 0 Å². The number of hydrogen-bond acceptors (Lipinski definition) is 15. The fourth-order valence-electron chi connectivity index (χ4n) is 10.2. The summed E-state index contributed by atoms with van der Waals surface area (Å²) in [5, 5.41) is 10.6. The van der Waals surface area contributed by atoms with Gasteiger partial charge in [0.05, 0.1) is 32.8 Å². The largest absolute Gasteiger partial charge is 0.472 e. The summed E-state index contributed by atoms with van der Waals surface area (Å²) in [6.45, 7) is 4.48. The molecule has 0 saturated heterocycles. The van der Waals surface area contributed by atoms with Crippen LogP contribution in [-0.4, -0.2) is 96.7 Å². The van der Waals surface area contributed by atoms with Crippen LogP contribution in [0.25, 0.3) is 0 Å². The SMILES string of the molecule is CC/C=C\C/C=C\C/C=C\C/C=C\C/C=C\CC(=O)OCC(COP(=O)(O)OCC(O)COP(=O)(O)OCC(COC(=O)CCCCCCCC/C=C\C/C=C\C/C=C\CCCCC)OC(=O)CCCCCCCCC/C=C\C/C=C\C/C=C\CC)OC(=O)CCCCCCCCCCCCC. The Labute approximate surface area is 618 Å². The molecule has 102 heavy (non-hydrogen) atoms. The highest BCUT2D eigenvalue weighted by atomic mass is 31.2. The summed E-state index contributed by atoms with van der Waals surface area (Å²) < 4.78 is 68.4. The van der Waals surface area contributed by atoms with Gasteiger partial charge in [0.1, 0.15) is 19.3 Å². The third kappa shape index (κ3) is 73.5. The Morgan fingerprint density at radius 1 is 0.294 bits per heavy atom. The summed E-state index contributed by atoms with van der Waals surface area (Å²) in [6.07, 6.45) is 83.2. The van der Waals surface area contributed by atoms with E-state index in [1.807, 2.05) is 18.2 Å². The number of aliphatic hydroxyl groups excluding tert-OH is 1. The topological polar surface area (TPSA) is 237 Å². The highest BCUT2D eigenvalue weighted by molar-refractivity contribution is 7.47. The van der Waals surface area contributed by atoms with Gasteiger partial charge in [0.25, 0.3) is 0 Å². The van der Waals surface area contributed by atoms with Crippen molar-refractivity contribution in [3.05, 3.63) is 134 Å². The van der Waals surface area contributed by atoms with Gasteiger partial charge in [-0.25, -0.2) is 9.13 Å². The number of phosphoric ester groups is 2. The molecule has 5 atom stereocenters. The summed E-state index contributed by atoms with van der Waals surface area (Å²) >= 11 is 0. The molecular weight excluding hydrogens is 1330 g/mol. The summed E-state index contributed by atoms with van der Waals surface area (Å²) in [5.74, 6) is -2.34. The van der Waals surface area contributed by atoms with E-state index in [9.17, 15) is 43.2 Å². The standard InChI is InChI=1S/C83H140O17P2/c1-5-9-13-17-21-25-29-32-35-37-38-40-42-45-49-52-56-60-64-68-81(86)94-74-79(100-83(88)70-66-62-58-54-50-46-43-39-36-33-30-26-22-18-14-10-6-2)76-98-102(91,92)96-72-77(84)71-95-101(89,90)97-75-78(99-82(87)69-65-61-57-53-47-28-24-20-16-12-8-4)73-93-80(85)67-63-59-55-51-48-44-41-34-31-27-23-19-15-11-7-3/h10-11,14-15,21-23,25-27,32-36,38,40-41,48,51,59,63,77-79,84H,5-9,12-13,16-20,24,28-31,37,39,42-47,49-50,52-58,60-62,64-76H2,1-4H3,(H,89,90)(H,91,92)/b14-10-,15-11-,25-21-,26-22-,27-23-,35-32-,36-33-,40-38-,41-34-,51-48-,63-59-. The molecule has 0 aliphatic heterocycles. The van der Waals surface area contributed by atoms with Crippen molar-refractivity contribution in [1.29, 1.82) is 0 Å². The number of ether oxygens (including phenoxy) is 4. The molecule has 0 spiro atoms. The van der Waals surface area contributed by atoms with Crippen molar-refractivity contribution in [3.8, 4) is 0 Å². The molecule has 0 aromatic carbocycles. The molecule has 0 aliphatic carbocycles. The lowest BCUT2D eigenvalue weighted by molar-refractivity contribution is -0.161. The van der Waals surface area contributed by atoms with Gasteiger partial charge in [-0.05, 0) is 122 Å². The van der Waals surface area contributed by atoms with Crippen molar-refractivity contribution in [2.45, 2.75) is 329 Å². The second kappa shape index (κ2) is 74.5. The van der Waals surface area contributed by atoms with E-state index in [1.165, 1.54) is 57.8 Å². The molecule has 0 heterocycles. The lowest BCUT2D eigenvalue weighted by Crippen LogP contribution is -2.30. The Bertz CT molecular complexity index is 2460. The highest BCUT2D eigenvalue weighted by Gasteiger charge is 2.30. The van der Waals surface area contributed by atoms with E-state index in [0.717, 1.165) is 173 Å². The van der Waals surface area contributed by atoms with Crippen LogP contribution in [0, 0.1) is 0 Å². The van der Waals surface area contributed by atoms with E-state index in [1.54, 1.807) is 6.08 Å². The lowest BCUT2D eigenvalue weighted by Gasteiger charge is -2.21. The Morgan fingerprint density at radius 2 is 0.549 bits per heavy atom. The first kappa shape index (κ1) is 97.2. The predicted molar refractivity (Wildman–Crippen MR) is 418 cm³/mol. The van der Waals surface area contributed by atoms with Gasteiger partial charge >= 0.3 is 39.5 Å². The van der Waals surface area contributed by atoms with Gasteiger partial charge in [-0.1, -0.05) is 296 Å². The van der Waals surface area contributed by atoms with Gasteiger partial charge in [-0.15, -0.1) is 0 Å². The van der Waals surface area contributed by atoms with Crippen molar-refractivity contribution >= 4 is 39.5 Å². The van der Waals surface area contributed by atoms with E-state index in [0.29, 0.717) is 25.7 Å². The van der Waals surface area contributed by atoms with Crippen LogP contribution in [0.2, 0.25) is 0 Å². The zero-order valence-corrected chi connectivity index (χ0v) is 65.5. The molecule has 0 amide bonds. The fraction of sp³-hybridized carbons (Fsp3) is 0.687. The molecule has 0 fully saturated rings. The van der Waals surface area contributed by atoms with Crippen LogP contribution in [0.1, 0.15) is 310 Å². The summed E-state index contributed by atoms with van der Waals surface area (Å²) in [5.41, 5.74) is 0. The maximum Gasteiger partial charge on any atom is 0.472 e.